The summed E-state index contributed by atoms with van der Waals surface area (Å²) >= 11 is 8.90. The van der Waals surface area contributed by atoms with Crippen molar-refractivity contribution in [1.82, 2.24) is 14.9 Å². The molecular weight excluding hydrogens is 414 g/mol. The molecule has 0 saturated carbocycles. The van der Waals surface area contributed by atoms with E-state index in [4.69, 9.17) is 11.6 Å². The summed E-state index contributed by atoms with van der Waals surface area (Å²) in [6.45, 7) is 6.33. The molecule has 148 valence electrons. The van der Waals surface area contributed by atoms with Gasteiger partial charge in [-0.25, -0.2) is 4.98 Å². The van der Waals surface area contributed by atoms with Crippen molar-refractivity contribution in [2.75, 3.05) is 7.05 Å². The number of carbonyl (C=O) groups excluding carboxylic acids is 1. The first-order chi connectivity index (χ1) is 13.3. The number of hydrogen-bond acceptors (Lipinski definition) is 5. The van der Waals surface area contributed by atoms with Gasteiger partial charge in [0.15, 0.2) is 0 Å². The minimum Gasteiger partial charge on any atom is -0.340 e. The number of aryl methyl sites for hydroxylation is 2. The normalized spacial score (nSPS) is 12.3. The smallest absolute Gasteiger partial charge is 0.259 e. The number of carbonyl (C=O) groups is 1. The third kappa shape index (κ3) is 4.59. The van der Waals surface area contributed by atoms with Crippen molar-refractivity contribution in [3.05, 3.63) is 61.5 Å². The lowest BCUT2D eigenvalue weighted by Crippen LogP contribution is -2.32. The lowest BCUT2D eigenvalue weighted by Gasteiger charge is -2.21. The highest BCUT2D eigenvalue weighted by atomic mass is 35.5. The van der Waals surface area contributed by atoms with Crippen LogP contribution in [0.3, 0.4) is 0 Å². The fraction of sp³-hybridized carbons (Fsp3) is 0.350. The van der Waals surface area contributed by atoms with Gasteiger partial charge in [0.05, 0.1) is 16.4 Å². The summed E-state index contributed by atoms with van der Waals surface area (Å²) in [5.74, 6) is 1.11. The van der Waals surface area contributed by atoms with Gasteiger partial charge in [0, 0.05) is 23.5 Å². The molecule has 1 N–H and O–H groups in total. The second kappa shape index (κ2) is 8.68. The lowest BCUT2D eigenvalue weighted by molar-refractivity contribution is -0.129. The Kier molecular flexibility index (Phi) is 6.47. The summed E-state index contributed by atoms with van der Waals surface area (Å²) < 4.78 is 0. The number of H-pyrrole nitrogens is 1. The molecular formula is C20H22ClN3O2S2. The van der Waals surface area contributed by atoms with E-state index in [0.717, 1.165) is 20.8 Å². The van der Waals surface area contributed by atoms with Crippen molar-refractivity contribution in [2.24, 2.45) is 0 Å². The van der Waals surface area contributed by atoms with E-state index in [1.165, 1.54) is 23.1 Å². The average molecular weight is 436 g/mol. The van der Waals surface area contributed by atoms with Crippen LogP contribution in [0, 0.1) is 13.8 Å². The number of halogens is 1. The largest absolute Gasteiger partial charge is 0.340 e. The third-order valence-electron chi connectivity index (χ3n) is 4.62. The number of hydrogen-bond donors (Lipinski definition) is 1. The quantitative estimate of drug-likeness (QED) is 0.617. The number of fused-ring (bicyclic) bond motifs is 1. The van der Waals surface area contributed by atoms with E-state index in [0.29, 0.717) is 28.5 Å². The van der Waals surface area contributed by atoms with Crippen LogP contribution in [0.15, 0.2) is 29.1 Å². The van der Waals surface area contributed by atoms with Crippen molar-refractivity contribution in [2.45, 2.75) is 38.3 Å². The van der Waals surface area contributed by atoms with E-state index in [1.54, 1.807) is 11.9 Å². The molecule has 28 heavy (non-hydrogen) atoms. The van der Waals surface area contributed by atoms with Crippen molar-refractivity contribution in [3.63, 3.8) is 0 Å². The van der Waals surface area contributed by atoms with Crippen LogP contribution in [0.5, 0.6) is 0 Å². The average Bonchev–Trinajstić information content (AvgIpc) is 2.95. The maximum atomic E-state index is 12.7. The van der Waals surface area contributed by atoms with E-state index in [9.17, 15) is 9.59 Å². The summed E-state index contributed by atoms with van der Waals surface area (Å²) in [5.41, 5.74) is 1.90. The molecule has 0 aliphatic heterocycles. The predicted molar refractivity (Wildman–Crippen MR) is 118 cm³/mol. The first-order valence-electron chi connectivity index (χ1n) is 8.86. The van der Waals surface area contributed by atoms with E-state index in [2.05, 4.69) is 9.97 Å². The summed E-state index contributed by atoms with van der Waals surface area (Å²) in [4.78, 5) is 36.0. The van der Waals surface area contributed by atoms with Gasteiger partial charge in [-0.05, 0) is 44.0 Å². The van der Waals surface area contributed by atoms with E-state index in [-0.39, 0.29) is 16.7 Å². The van der Waals surface area contributed by atoms with Crippen molar-refractivity contribution in [1.29, 1.82) is 0 Å². The number of benzene rings is 1. The maximum absolute atomic E-state index is 12.7. The Morgan fingerprint density at radius 3 is 2.68 bits per heavy atom. The maximum Gasteiger partial charge on any atom is 0.259 e. The summed E-state index contributed by atoms with van der Waals surface area (Å²) in [6.07, 6.45) is 0. The van der Waals surface area contributed by atoms with Gasteiger partial charge in [0.1, 0.15) is 10.7 Å². The molecule has 8 heteroatoms. The second-order valence-corrected chi connectivity index (χ2v) is 9.72. The predicted octanol–water partition coefficient (Wildman–Crippen LogP) is 4.54. The molecule has 3 aromatic rings. The van der Waals surface area contributed by atoms with Gasteiger partial charge in [-0.1, -0.05) is 23.7 Å². The van der Waals surface area contributed by atoms with Gasteiger partial charge < -0.3 is 9.88 Å². The van der Waals surface area contributed by atoms with Gasteiger partial charge in [-0.2, -0.15) is 0 Å². The number of aromatic amines is 1. The van der Waals surface area contributed by atoms with Gasteiger partial charge in [-0.15, -0.1) is 23.1 Å². The molecule has 3 rings (SSSR count). The monoisotopic (exact) mass is 435 g/mol. The standard InChI is InChI=1S/C20H22ClN3O2S2/c1-11-12(2)28-19-17(11)18(25)22-16(23-19)10-27-13(3)20(26)24(4)9-14-5-7-15(21)8-6-14/h5-8,13H,9-10H2,1-4H3,(H,22,23,25). The highest BCUT2D eigenvalue weighted by molar-refractivity contribution is 7.99. The molecule has 0 radical (unpaired) electrons. The molecule has 2 aromatic heterocycles. The number of aromatic nitrogens is 2. The van der Waals surface area contributed by atoms with Gasteiger partial charge in [-0.3, -0.25) is 9.59 Å². The molecule has 1 aromatic carbocycles. The first kappa shape index (κ1) is 20.9. The molecule has 2 heterocycles. The first-order valence-corrected chi connectivity index (χ1v) is 11.1. The molecule has 0 aliphatic rings. The summed E-state index contributed by atoms with van der Waals surface area (Å²) in [5, 5.41) is 1.10. The minimum atomic E-state index is -0.245. The summed E-state index contributed by atoms with van der Waals surface area (Å²) in [6, 6.07) is 7.47. The Morgan fingerprint density at radius 2 is 2.00 bits per heavy atom. The Morgan fingerprint density at radius 1 is 1.32 bits per heavy atom. The molecule has 1 atom stereocenters. The number of amides is 1. The molecule has 0 saturated heterocycles. The zero-order valence-electron chi connectivity index (χ0n) is 16.2. The molecule has 1 unspecified atom stereocenters. The highest BCUT2D eigenvalue weighted by Gasteiger charge is 2.19. The fourth-order valence-electron chi connectivity index (χ4n) is 2.89. The van der Waals surface area contributed by atoms with E-state index >= 15 is 0 Å². The van der Waals surface area contributed by atoms with Crippen LogP contribution in [-0.2, 0) is 17.1 Å². The van der Waals surface area contributed by atoms with E-state index < -0.39 is 0 Å². The van der Waals surface area contributed by atoms with Crippen molar-refractivity contribution < 1.29 is 4.79 Å². The van der Waals surface area contributed by atoms with Crippen LogP contribution < -0.4 is 5.56 Å². The molecule has 0 bridgehead atoms. The van der Waals surface area contributed by atoms with Gasteiger partial charge >= 0.3 is 0 Å². The second-order valence-electron chi connectivity index (χ2n) is 6.75. The Labute approximate surface area is 177 Å². The SMILES string of the molecule is Cc1sc2nc(CSC(C)C(=O)N(C)Cc3ccc(Cl)cc3)[nH]c(=O)c2c1C. The van der Waals surface area contributed by atoms with Crippen molar-refractivity contribution in [3.8, 4) is 0 Å². The number of rotatable bonds is 6. The van der Waals surface area contributed by atoms with Crippen LogP contribution in [-0.4, -0.2) is 33.1 Å². The molecule has 0 aliphatic carbocycles. The highest BCUT2D eigenvalue weighted by Crippen LogP contribution is 2.26. The summed E-state index contributed by atoms with van der Waals surface area (Å²) in [7, 11) is 1.79. The molecule has 0 fully saturated rings. The van der Waals surface area contributed by atoms with Crippen LogP contribution in [0.2, 0.25) is 5.02 Å². The van der Waals surface area contributed by atoms with Crippen LogP contribution >= 0.6 is 34.7 Å². The zero-order chi connectivity index (χ0) is 20.4. The minimum absolute atomic E-state index is 0.0335. The fourth-order valence-corrected chi connectivity index (χ4v) is 4.94. The Bertz CT molecular complexity index is 1060. The Hall–Kier alpha value is -1.83. The number of nitrogens with one attached hydrogen (secondary N) is 1. The van der Waals surface area contributed by atoms with Crippen LogP contribution in [0.1, 0.15) is 28.8 Å². The van der Waals surface area contributed by atoms with Crippen molar-refractivity contribution >= 4 is 50.8 Å². The van der Waals surface area contributed by atoms with Crippen LogP contribution in [0.25, 0.3) is 10.2 Å². The third-order valence-corrected chi connectivity index (χ3v) is 7.11. The molecule has 1 amide bonds. The zero-order valence-corrected chi connectivity index (χ0v) is 18.6. The number of thioether (sulfide) groups is 1. The lowest BCUT2D eigenvalue weighted by atomic mass is 10.2. The number of thiophene rings is 1. The van der Waals surface area contributed by atoms with Gasteiger partial charge in [0.2, 0.25) is 5.91 Å². The molecule has 0 spiro atoms. The van der Waals surface area contributed by atoms with Crippen LogP contribution in [0.4, 0.5) is 0 Å². The Balaban J connectivity index is 1.63. The van der Waals surface area contributed by atoms with E-state index in [1.807, 2.05) is 45.0 Å². The topological polar surface area (TPSA) is 66.1 Å². The number of nitrogens with zero attached hydrogens (tertiary/aromatic N) is 2. The van der Waals surface area contributed by atoms with Gasteiger partial charge in [0.25, 0.3) is 5.56 Å². The molecule has 5 nitrogen and oxygen atoms in total.